The summed E-state index contributed by atoms with van der Waals surface area (Å²) < 4.78 is 0. The first-order valence-electron chi connectivity index (χ1n) is 4.16. The van der Waals surface area contributed by atoms with E-state index in [1.807, 2.05) is 20.8 Å². The zero-order valence-electron chi connectivity index (χ0n) is 8.09. The summed E-state index contributed by atoms with van der Waals surface area (Å²) in [5, 5.41) is 8.53. The van der Waals surface area contributed by atoms with E-state index in [2.05, 4.69) is 9.97 Å². The molecule has 4 heteroatoms. The lowest BCUT2D eigenvalue weighted by Crippen LogP contribution is -2.13. The maximum absolute atomic E-state index is 10.4. The normalized spacial score (nSPS) is 11.6. The van der Waals surface area contributed by atoms with Crippen LogP contribution in [0.2, 0.25) is 0 Å². The smallest absolute Gasteiger partial charge is 0.309 e. The largest absolute Gasteiger partial charge is 0.481 e. The zero-order valence-corrected chi connectivity index (χ0v) is 8.09. The van der Waals surface area contributed by atoms with E-state index in [1.165, 1.54) is 0 Å². The molecule has 0 saturated heterocycles. The molecule has 0 fully saturated rings. The Hall–Kier alpha value is -1.32. The number of hydrogen-bond donors (Lipinski definition) is 2. The van der Waals surface area contributed by atoms with Gasteiger partial charge in [-0.1, -0.05) is 20.8 Å². The minimum Gasteiger partial charge on any atom is -0.481 e. The van der Waals surface area contributed by atoms with Crippen molar-refractivity contribution in [3.8, 4) is 0 Å². The summed E-state index contributed by atoms with van der Waals surface area (Å²) in [6.07, 6.45) is 1.58. The minimum atomic E-state index is -0.843. The van der Waals surface area contributed by atoms with E-state index in [1.54, 1.807) is 6.20 Å². The number of aromatic amines is 1. The van der Waals surface area contributed by atoms with Crippen LogP contribution in [0, 0.1) is 0 Å². The van der Waals surface area contributed by atoms with Crippen LogP contribution in [-0.2, 0) is 16.6 Å². The molecule has 1 heterocycles. The molecule has 0 bridgehead atoms. The summed E-state index contributed by atoms with van der Waals surface area (Å²) in [6.45, 7) is 6.07. The van der Waals surface area contributed by atoms with Crippen LogP contribution in [0.3, 0.4) is 0 Å². The Morgan fingerprint density at radius 2 is 2.23 bits per heavy atom. The van der Waals surface area contributed by atoms with E-state index in [0.717, 1.165) is 5.82 Å². The van der Waals surface area contributed by atoms with Gasteiger partial charge in [0.1, 0.15) is 5.82 Å². The molecule has 72 valence electrons. The molecule has 0 atom stereocenters. The summed E-state index contributed by atoms with van der Waals surface area (Å²) in [7, 11) is 0. The van der Waals surface area contributed by atoms with E-state index in [-0.39, 0.29) is 11.8 Å². The Kier molecular flexibility index (Phi) is 2.40. The lowest BCUT2D eigenvalue weighted by atomic mass is 9.96. The number of hydrogen-bond acceptors (Lipinski definition) is 2. The zero-order chi connectivity index (χ0) is 10.1. The van der Waals surface area contributed by atoms with Crippen LogP contribution in [0.15, 0.2) is 6.20 Å². The highest BCUT2D eigenvalue weighted by molar-refractivity contribution is 5.69. The van der Waals surface area contributed by atoms with E-state index in [9.17, 15) is 4.79 Å². The van der Waals surface area contributed by atoms with Crippen LogP contribution in [0.4, 0.5) is 0 Å². The second-order valence-corrected chi connectivity index (χ2v) is 4.08. The average Bonchev–Trinajstić information content (AvgIpc) is 2.32. The number of nitrogens with one attached hydrogen (secondary N) is 1. The molecule has 0 aliphatic heterocycles. The predicted molar refractivity (Wildman–Crippen MR) is 48.6 cm³/mol. The minimum absolute atomic E-state index is 0.00306. The molecule has 1 aromatic heterocycles. The first-order valence-corrected chi connectivity index (χ1v) is 4.16. The molecule has 0 unspecified atom stereocenters. The second kappa shape index (κ2) is 3.20. The van der Waals surface area contributed by atoms with E-state index in [4.69, 9.17) is 5.11 Å². The van der Waals surface area contributed by atoms with Gasteiger partial charge in [0.2, 0.25) is 0 Å². The third kappa shape index (κ3) is 2.57. The predicted octanol–water partition coefficient (Wildman–Crippen LogP) is 1.33. The molecule has 4 nitrogen and oxygen atoms in total. The van der Waals surface area contributed by atoms with Gasteiger partial charge in [-0.3, -0.25) is 4.79 Å². The number of aromatic nitrogens is 2. The van der Waals surface area contributed by atoms with Gasteiger partial charge in [0.15, 0.2) is 0 Å². The van der Waals surface area contributed by atoms with Crippen LogP contribution >= 0.6 is 0 Å². The molecule has 0 radical (unpaired) electrons. The van der Waals surface area contributed by atoms with Gasteiger partial charge < -0.3 is 10.1 Å². The number of rotatable bonds is 2. The molecule has 0 spiro atoms. The van der Waals surface area contributed by atoms with Crippen LogP contribution in [-0.4, -0.2) is 21.0 Å². The fraction of sp³-hybridized carbons (Fsp3) is 0.556. The first-order chi connectivity index (χ1) is 5.89. The molecule has 0 saturated carbocycles. The van der Waals surface area contributed by atoms with Crippen molar-refractivity contribution in [2.75, 3.05) is 0 Å². The first kappa shape index (κ1) is 9.77. The van der Waals surface area contributed by atoms with E-state index < -0.39 is 5.97 Å². The number of imidazole rings is 1. The number of aliphatic carboxylic acids is 1. The van der Waals surface area contributed by atoms with Crippen molar-refractivity contribution < 1.29 is 9.90 Å². The third-order valence-corrected chi connectivity index (χ3v) is 1.68. The summed E-state index contributed by atoms with van der Waals surface area (Å²) in [5.74, 6) is -0.0205. The van der Waals surface area contributed by atoms with Crippen molar-refractivity contribution in [2.45, 2.75) is 32.6 Å². The van der Waals surface area contributed by atoms with Crippen molar-refractivity contribution in [3.05, 3.63) is 17.7 Å². The highest BCUT2D eigenvalue weighted by Crippen LogP contribution is 2.18. The van der Waals surface area contributed by atoms with E-state index >= 15 is 0 Å². The average molecular weight is 182 g/mol. The number of nitrogens with zero attached hydrogens (tertiary/aromatic N) is 1. The van der Waals surface area contributed by atoms with Gasteiger partial charge in [-0.2, -0.15) is 0 Å². The molecule has 2 N–H and O–H groups in total. The standard InChI is InChI=1S/C9H14N2O2/c1-9(2,3)8-10-5-6(11-8)4-7(12)13/h5H,4H2,1-3H3,(H,10,11)(H,12,13). The van der Waals surface area contributed by atoms with Crippen LogP contribution < -0.4 is 0 Å². The van der Waals surface area contributed by atoms with Crippen molar-refractivity contribution >= 4 is 5.97 Å². The van der Waals surface area contributed by atoms with E-state index in [0.29, 0.717) is 5.69 Å². The topological polar surface area (TPSA) is 66.0 Å². The van der Waals surface area contributed by atoms with Crippen molar-refractivity contribution in [2.24, 2.45) is 0 Å². The van der Waals surface area contributed by atoms with Crippen LogP contribution in [0.5, 0.6) is 0 Å². The Labute approximate surface area is 77.0 Å². The highest BCUT2D eigenvalue weighted by atomic mass is 16.4. The Balaban J connectivity index is 2.81. The van der Waals surface area contributed by atoms with Gasteiger partial charge in [0, 0.05) is 17.3 Å². The second-order valence-electron chi connectivity index (χ2n) is 4.08. The highest BCUT2D eigenvalue weighted by Gasteiger charge is 2.17. The molecule has 0 amide bonds. The Bertz CT molecular complexity index is 310. The van der Waals surface area contributed by atoms with Gasteiger partial charge in [0.05, 0.1) is 6.42 Å². The van der Waals surface area contributed by atoms with Crippen molar-refractivity contribution in [1.82, 2.24) is 9.97 Å². The van der Waals surface area contributed by atoms with Crippen LogP contribution in [0.1, 0.15) is 32.3 Å². The Morgan fingerprint density at radius 3 is 2.62 bits per heavy atom. The monoisotopic (exact) mass is 182 g/mol. The molecule has 1 rings (SSSR count). The fourth-order valence-electron chi connectivity index (χ4n) is 0.993. The molecule has 0 aliphatic rings. The quantitative estimate of drug-likeness (QED) is 0.725. The van der Waals surface area contributed by atoms with Gasteiger partial charge in [-0.05, 0) is 0 Å². The van der Waals surface area contributed by atoms with Gasteiger partial charge in [0.25, 0.3) is 0 Å². The SMILES string of the molecule is CC(C)(C)c1ncc(CC(=O)O)[nH]1. The molecular formula is C9H14N2O2. The maximum Gasteiger partial charge on any atom is 0.309 e. The van der Waals surface area contributed by atoms with Gasteiger partial charge in [-0.15, -0.1) is 0 Å². The molecular weight excluding hydrogens is 168 g/mol. The molecule has 13 heavy (non-hydrogen) atoms. The molecule has 0 aliphatic carbocycles. The molecule has 1 aromatic rings. The summed E-state index contributed by atoms with van der Waals surface area (Å²) in [5.41, 5.74) is 0.592. The third-order valence-electron chi connectivity index (χ3n) is 1.68. The summed E-state index contributed by atoms with van der Waals surface area (Å²) in [4.78, 5) is 17.5. The maximum atomic E-state index is 10.4. The van der Waals surface area contributed by atoms with Crippen molar-refractivity contribution in [3.63, 3.8) is 0 Å². The summed E-state index contributed by atoms with van der Waals surface area (Å²) >= 11 is 0. The molecule has 0 aromatic carbocycles. The Morgan fingerprint density at radius 1 is 1.62 bits per heavy atom. The number of carboxylic acid groups (broad SMARTS) is 1. The van der Waals surface area contributed by atoms with Gasteiger partial charge in [-0.25, -0.2) is 4.98 Å². The lowest BCUT2D eigenvalue weighted by molar-refractivity contribution is -0.136. The fourth-order valence-corrected chi connectivity index (χ4v) is 0.993. The van der Waals surface area contributed by atoms with Gasteiger partial charge >= 0.3 is 5.97 Å². The van der Waals surface area contributed by atoms with Crippen molar-refractivity contribution in [1.29, 1.82) is 0 Å². The number of H-pyrrole nitrogens is 1. The number of carboxylic acids is 1. The number of carbonyl (C=O) groups is 1. The summed E-state index contributed by atoms with van der Waals surface area (Å²) in [6, 6.07) is 0. The lowest BCUT2D eigenvalue weighted by Gasteiger charge is -2.13. The van der Waals surface area contributed by atoms with Crippen LogP contribution in [0.25, 0.3) is 0 Å².